The average Bonchev–Trinajstić information content (AvgIpc) is 2.88. The van der Waals surface area contributed by atoms with Gasteiger partial charge >= 0.3 is 0 Å². The van der Waals surface area contributed by atoms with Crippen LogP contribution in [0.1, 0.15) is 55.3 Å². The highest BCUT2D eigenvalue weighted by Gasteiger charge is 2.29. The molecule has 2 amide bonds. The lowest BCUT2D eigenvalue weighted by Gasteiger charge is -2.31. The second kappa shape index (κ2) is 11.6. The molecular formula is C26H32ClN3O4. The average molecular weight is 486 g/mol. The minimum atomic E-state index is -0.196. The van der Waals surface area contributed by atoms with Crippen LogP contribution in [0.5, 0.6) is 11.5 Å². The molecule has 34 heavy (non-hydrogen) atoms. The van der Waals surface area contributed by atoms with Gasteiger partial charge in [0.25, 0.3) is 5.91 Å². The number of halogens is 1. The molecule has 0 atom stereocenters. The Hall–Kier alpha value is -2.80. The van der Waals surface area contributed by atoms with Crippen molar-refractivity contribution in [3.05, 3.63) is 47.1 Å². The monoisotopic (exact) mass is 485 g/mol. The first-order valence-electron chi connectivity index (χ1n) is 12.1. The zero-order chi connectivity index (χ0) is 23.9. The molecule has 1 saturated heterocycles. The van der Waals surface area contributed by atoms with E-state index in [0.29, 0.717) is 66.4 Å². The second-order valence-electron chi connectivity index (χ2n) is 9.07. The number of likely N-dealkylation sites (tertiary alicyclic amines) is 1. The Morgan fingerprint density at radius 3 is 2.59 bits per heavy atom. The fraction of sp³-hybridized carbons (Fsp3) is 0.500. The lowest BCUT2D eigenvalue weighted by atomic mass is 9.90. The molecule has 8 heteroatoms. The first-order valence-corrected chi connectivity index (χ1v) is 12.4. The van der Waals surface area contributed by atoms with E-state index in [9.17, 15) is 9.59 Å². The van der Waals surface area contributed by atoms with Crippen LogP contribution >= 0.6 is 11.6 Å². The van der Waals surface area contributed by atoms with Crippen molar-refractivity contribution in [2.24, 2.45) is 11.8 Å². The number of rotatable bonds is 7. The van der Waals surface area contributed by atoms with Crippen LogP contribution in [0.2, 0.25) is 5.02 Å². The van der Waals surface area contributed by atoms with Crippen molar-refractivity contribution in [3.8, 4) is 11.5 Å². The summed E-state index contributed by atoms with van der Waals surface area (Å²) in [6, 6.07) is 8.68. The zero-order valence-corrected chi connectivity index (χ0v) is 20.4. The van der Waals surface area contributed by atoms with Gasteiger partial charge in [-0.3, -0.25) is 9.59 Å². The molecule has 0 spiro atoms. The van der Waals surface area contributed by atoms with Gasteiger partial charge in [-0.2, -0.15) is 0 Å². The van der Waals surface area contributed by atoms with E-state index in [0.717, 1.165) is 0 Å². The summed E-state index contributed by atoms with van der Waals surface area (Å²) in [4.78, 5) is 32.1. The number of nitrogens with zero attached hydrogens (tertiary/aromatic N) is 2. The Labute approximate surface area is 205 Å². The summed E-state index contributed by atoms with van der Waals surface area (Å²) < 4.78 is 11.4. The van der Waals surface area contributed by atoms with Crippen molar-refractivity contribution in [1.29, 1.82) is 0 Å². The molecule has 182 valence electrons. The molecule has 1 N–H and O–H groups in total. The number of carbonyl (C=O) groups is 2. The van der Waals surface area contributed by atoms with Crippen molar-refractivity contribution < 1.29 is 19.1 Å². The van der Waals surface area contributed by atoms with Gasteiger partial charge in [0.05, 0.1) is 19.3 Å². The largest absolute Gasteiger partial charge is 0.496 e. The van der Waals surface area contributed by atoms with Crippen LogP contribution in [0.15, 0.2) is 36.5 Å². The number of piperidine rings is 1. The summed E-state index contributed by atoms with van der Waals surface area (Å²) in [7, 11) is 1.53. The summed E-state index contributed by atoms with van der Waals surface area (Å²) in [5.41, 5.74) is 0.436. The summed E-state index contributed by atoms with van der Waals surface area (Å²) >= 11 is 6.08. The van der Waals surface area contributed by atoms with Gasteiger partial charge < -0.3 is 19.7 Å². The quantitative estimate of drug-likeness (QED) is 0.583. The molecule has 7 nitrogen and oxygen atoms in total. The van der Waals surface area contributed by atoms with Crippen molar-refractivity contribution >= 4 is 29.2 Å². The molecule has 1 saturated carbocycles. The number of nitrogens with one attached hydrogen (secondary N) is 1. The van der Waals surface area contributed by atoms with Crippen molar-refractivity contribution in [2.45, 2.75) is 44.9 Å². The minimum absolute atomic E-state index is 0.0892. The molecule has 1 aromatic carbocycles. The molecule has 4 rings (SSSR count). The number of methoxy groups -OCH3 is 1. The van der Waals surface area contributed by atoms with Crippen molar-refractivity contribution in [1.82, 2.24) is 9.88 Å². The number of carbonyl (C=O) groups excluding carboxylic acids is 2. The van der Waals surface area contributed by atoms with Gasteiger partial charge in [-0.25, -0.2) is 4.98 Å². The zero-order valence-electron chi connectivity index (χ0n) is 19.6. The molecular weight excluding hydrogens is 454 g/mol. The predicted octanol–water partition coefficient (Wildman–Crippen LogP) is 5.19. The van der Waals surface area contributed by atoms with Crippen molar-refractivity contribution in [3.63, 3.8) is 0 Å². The Morgan fingerprint density at radius 2 is 1.85 bits per heavy atom. The number of amides is 2. The maximum absolute atomic E-state index is 13.0. The van der Waals surface area contributed by atoms with Gasteiger partial charge in [0.2, 0.25) is 5.91 Å². The SMILES string of the molecule is COc1ccc(Cl)cc1C(=O)N1CCC(C(=O)Nc2ncccc2OCC2CCCCC2)CC1. The molecule has 0 bridgehead atoms. The maximum Gasteiger partial charge on any atom is 0.257 e. The van der Waals surface area contributed by atoms with E-state index < -0.39 is 0 Å². The third-order valence-corrected chi connectivity index (χ3v) is 6.99. The van der Waals surface area contributed by atoms with E-state index in [-0.39, 0.29) is 17.7 Å². The minimum Gasteiger partial charge on any atom is -0.496 e. The Morgan fingerprint density at radius 1 is 1.09 bits per heavy atom. The van der Waals surface area contributed by atoms with E-state index in [2.05, 4.69) is 10.3 Å². The fourth-order valence-corrected chi connectivity index (χ4v) is 4.92. The number of anilines is 1. The highest BCUT2D eigenvalue weighted by atomic mass is 35.5. The molecule has 1 aliphatic carbocycles. The lowest BCUT2D eigenvalue weighted by Crippen LogP contribution is -2.41. The van der Waals surface area contributed by atoms with Gasteiger partial charge in [0.15, 0.2) is 11.6 Å². The summed E-state index contributed by atoms with van der Waals surface area (Å²) in [6.07, 6.45) is 9.02. The molecule has 2 aliphatic rings. The van der Waals surface area contributed by atoms with Crippen LogP contribution in [0.3, 0.4) is 0 Å². The standard InChI is InChI=1S/C26H32ClN3O4/c1-33-22-10-9-20(27)16-21(22)26(32)30-14-11-19(12-15-30)25(31)29-24-23(8-5-13-28-24)34-17-18-6-3-2-4-7-18/h5,8-10,13,16,18-19H,2-4,6-7,11-12,14-15,17H2,1H3,(H,28,29,31). The molecule has 2 aromatic rings. The second-order valence-corrected chi connectivity index (χ2v) is 9.50. The van der Waals surface area contributed by atoms with Crippen LogP contribution in [-0.4, -0.2) is 48.5 Å². The number of hydrogen-bond donors (Lipinski definition) is 1. The maximum atomic E-state index is 13.0. The molecule has 1 aromatic heterocycles. The first kappa shape index (κ1) is 24.3. The number of pyridine rings is 1. The molecule has 0 radical (unpaired) electrons. The van der Waals surface area contributed by atoms with Gasteiger partial charge in [0.1, 0.15) is 5.75 Å². The third-order valence-electron chi connectivity index (χ3n) is 6.76. The van der Waals surface area contributed by atoms with Gasteiger partial charge in [-0.15, -0.1) is 0 Å². The molecule has 1 aliphatic heterocycles. The van der Waals surface area contributed by atoms with E-state index in [1.165, 1.54) is 39.2 Å². The molecule has 2 heterocycles. The molecule has 2 fully saturated rings. The Bertz CT molecular complexity index is 1000. The van der Waals surface area contributed by atoms with Gasteiger partial charge in [-0.05, 0) is 61.9 Å². The number of benzene rings is 1. The fourth-order valence-electron chi connectivity index (χ4n) is 4.74. The van der Waals surface area contributed by atoms with Gasteiger partial charge in [-0.1, -0.05) is 30.9 Å². The topological polar surface area (TPSA) is 80.8 Å². The highest BCUT2D eigenvalue weighted by molar-refractivity contribution is 6.31. The van der Waals surface area contributed by atoms with Crippen LogP contribution in [0, 0.1) is 11.8 Å². The van der Waals surface area contributed by atoms with E-state index in [1.807, 2.05) is 12.1 Å². The number of ether oxygens (including phenoxy) is 2. The first-order chi connectivity index (χ1) is 16.5. The number of hydrogen-bond acceptors (Lipinski definition) is 5. The van der Waals surface area contributed by atoms with E-state index >= 15 is 0 Å². The van der Waals surface area contributed by atoms with Gasteiger partial charge in [0, 0.05) is 30.2 Å². The van der Waals surface area contributed by atoms with Crippen LogP contribution in [-0.2, 0) is 4.79 Å². The Balaban J connectivity index is 1.32. The summed E-state index contributed by atoms with van der Waals surface area (Å²) in [5.74, 6) is 1.71. The van der Waals surface area contributed by atoms with E-state index in [1.54, 1.807) is 29.3 Å². The third kappa shape index (κ3) is 6.00. The lowest BCUT2D eigenvalue weighted by molar-refractivity contribution is -0.121. The Kier molecular flexibility index (Phi) is 8.27. The van der Waals surface area contributed by atoms with Crippen molar-refractivity contribution in [2.75, 3.05) is 32.1 Å². The molecule has 0 unspecified atom stereocenters. The highest BCUT2D eigenvalue weighted by Crippen LogP contribution is 2.29. The summed E-state index contributed by atoms with van der Waals surface area (Å²) in [6.45, 7) is 1.63. The normalized spacial score (nSPS) is 17.3. The van der Waals surface area contributed by atoms with Crippen LogP contribution in [0.25, 0.3) is 0 Å². The number of aromatic nitrogens is 1. The predicted molar refractivity (Wildman–Crippen MR) is 132 cm³/mol. The summed E-state index contributed by atoms with van der Waals surface area (Å²) in [5, 5.41) is 3.44. The van der Waals surface area contributed by atoms with Crippen LogP contribution in [0.4, 0.5) is 5.82 Å². The van der Waals surface area contributed by atoms with Crippen LogP contribution < -0.4 is 14.8 Å². The van der Waals surface area contributed by atoms with E-state index in [4.69, 9.17) is 21.1 Å². The smallest absolute Gasteiger partial charge is 0.257 e.